The standard InChI is InChI=1S/C24H18Cl2N2O4/c1-13-3-5-16(25)12-18(13)28-21(14-7-9-27-10-8-14)20(23(30)24(28)31)22(29)15-4-6-19(32-2)17(26)11-15/h3-12,21,29H,1-2H3/b22-20+. The topological polar surface area (TPSA) is 79.7 Å². The van der Waals surface area contributed by atoms with Crippen LogP contribution in [0.2, 0.25) is 10.0 Å². The third-order valence-corrected chi connectivity index (χ3v) is 5.85. The highest BCUT2D eigenvalue weighted by atomic mass is 35.5. The highest BCUT2D eigenvalue weighted by Gasteiger charge is 2.47. The molecule has 1 amide bonds. The number of ether oxygens (including phenoxy) is 1. The summed E-state index contributed by atoms with van der Waals surface area (Å²) < 4.78 is 5.15. The van der Waals surface area contributed by atoms with E-state index in [2.05, 4.69) is 4.98 Å². The van der Waals surface area contributed by atoms with Crippen molar-refractivity contribution in [2.24, 2.45) is 0 Å². The molecule has 1 N–H and O–H groups in total. The third kappa shape index (κ3) is 3.72. The van der Waals surface area contributed by atoms with Gasteiger partial charge in [-0.05, 0) is 60.5 Å². The molecule has 4 rings (SSSR count). The maximum absolute atomic E-state index is 13.2. The van der Waals surface area contributed by atoms with E-state index in [4.69, 9.17) is 27.9 Å². The lowest BCUT2D eigenvalue weighted by atomic mass is 9.95. The fourth-order valence-corrected chi connectivity index (χ4v) is 4.18. The number of hydrogen-bond acceptors (Lipinski definition) is 5. The first-order valence-corrected chi connectivity index (χ1v) is 10.4. The summed E-state index contributed by atoms with van der Waals surface area (Å²) in [5.41, 5.74) is 2.08. The number of anilines is 1. The molecular formula is C24H18Cl2N2O4. The van der Waals surface area contributed by atoms with Gasteiger partial charge < -0.3 is 9.84 Å². The normalized spacial score (nSPS) is 17.6. The van der Waals surface area contributed by atoms with E-state index < -0.39 is 17.7 Å². The fourth-order valence-electron chi connectivity index (χ4n) is 3.75. The first-order valence-electron chi connectivity index (χ1n) is 9.64. The van der Waals surface area contributed by atoms with E-state index >= 15 is 0 Å². The first-order chi connectivity index (χ1) is 15.3. The number of halogens is 2. The van der Waals surface area contributed by atoms with Gasteiger partial charge in [-0.3, -0.25) is 19.5 Å². The summed E-state index contributed by atoms with van der Waals surface area (Å²) in [6, 6.07) is 12.2. The van der Waals surface area contributed by atoms with Gasteiger partial charge in [-0.1, -0.05) is 29.3 Å². The number of ketones is 1. The molecule has 2 aromatic carbocycles. The molecule has 6 nitrogen and oxygen atoms in total. The average Bonchev–Trinajstić information content (AvgIpc) is 3.06. The predicted molar refractivity (Wildman–Crippen MR) is 123 cm³/mol. The minimum absolute atomic E-state index is 0.0539. The number of carbonyl (C=O) groups excluding carboxylic acids is 2. The number of carbonyl (C=O) groups is 2. The summed E-state index contributed by atoms with van der Waals surface area (Å²) in [6.07, 6.45) is 3.12. The molecule has 1 aliphatic heterocycles. The third-order valence-electron chi connectivity index (χ3n) is 5.32. The first kappa shape index (κ1) is 21.9. The smallest absolute Gasteiger partial charge is 0.300 e. The largest absolute Gasteiger partial charge is 0.507 e. The minimum Gasteiger partial charge on any atom is -0.507 e. The van der Waals surface area contributed by atoms with Crippen LogP contribution in [-0.2, 0) is 9.59 Å². The summed E-state index contributed by atoms with van der Waals surface area (Å²) in [4.78, 5) is 31.7. The van der Waals surface area contributed by atoms with E-state index in [1.54, 1.807) is 54.9 Å². The van der Waals surface area contributed by atoms with Crippen LogP contribution in [-0.4, -0.2) is 28.9 Å². The molecule has 0 aliphatic carbocycles. The summed E-state index contributed by atoms with van der Waals surface area (Å²) in [6.45, 7) is 1.82. The van der Waals surface area contributed by atoms with Crippen molar-refractivity contribution >= 4 is 46.3 Å². The Bertz CT molecular complexity index is 1260. The maximum atomic E-state index is 13.2. The number of nitrogens with zero attached hydrogens (tertiary/aromatic N) is 2. The Balaban J connectivity index is 1.96. The molecule has 1 aliphatic rings. The number of aliphatic hydroxyl groups is 1. The number of aliphatic hydroxyl groups excluding tert-OH is 1. The summed E-state index contributed by atoms with van der Waals surface area (Å²) in [5.74, 6) is -1.49. The number of pyridine rings is 1. The molecule has 32 heavy (non-hydrogen) atoms. The molecular weight excluding hydrogens is 451 g/mol. The Labute approximate surface area is 194 Å². The molecule has 0 radical (unpaired) electrons. The Morgan fingerprint density at radius 3 is 2.44 bits per heavy atom. The lowest BCUT2D eigenvalue weighted by Gasteiger charge is -2.27. The van der Waals surface area contributed by atoms with Crippen LogP contribution < -0.4 is 9.64 Å². The highest BCUT2D eigenvalue weighted by Crippen LogP contribution is 2.44. The molecule has 8 heteroatoms. The zero-order valence-electron chi connectivity index (χ0n) is 17.2. The van der Waals surface area contributed by atoms with Gasteiger partial charge in [0.1, 0.15) is 11.5 Å². The number of aromatic nitrogens is 1. The van der Waals surface area contributed by atoms with Crippen molar-refractivity contribution in [3.8, 4) is 5.75 Å². The van der Waals surface area contributed by atoms with Crippen LogP contribution in [0.4, 0.5) is 5.69 Å². The van der Waals surface area contributed by atoms with Crippen LogP contribution in [0.5, 0.6) is 5.75 Å². The van der Waals surface area contributed by atoms with Gasteiger partial charge in [-0.25, -0.2) is 0 Å². The van der Waals surface area contributed by atoms with Crippen LogP contribution >= 0.6 is 23.2 Å². The van der Waals surface area contributed by atoms with Crippen LogP contribution in [0.25, 0.3) is 5.76 Å². The van der Waals surface area contributed by atoms with Crippen molar-refractivity contribution in [2.75, 3.05) is 12.0 Å². The van der Waals surface area contributed by atoms with Crippen molar-refractivity contribution in [3.63, 3.8) is 0 Å². The van der Waals surface area contributed by atoms with E-state index in [1.807, 2.05) is 6.92 Å². The Morgan fingerprint density at radius 1 is 1.06 bits per heavy atom. The van der Waals surface area contributed by atoms with Crippen LogP contribution in [0.3, 0.4) is 0 Å². The fraction of sp³-hybridized carbons (Fsp3) is 0.125. The number of Topliss-reactive ketones (excluding diaryl/α,β-unsaturated/α-hetero) is 1. The number of amides is 1. The summed E-state index contributed by atoms with van der Waals surface area (Å²) in [7, 11) is 1.48. The monoisotopic (exact) mass is 468 g/mol. The summed E-state index contributed by atoms with van der Waals surface area (Å²) in [5, 5.41) is 11.8. The Hall–Kier alpha value is -3.35. The van der Waals surface area contributed by atoms with Gasteiger partial charge in [-0.2, -0.15) is 0 Å². The van der Waals surface area contributed by atoms with E-state index in [9.17, 15) is 14.7 Å². The van der Waals surface area contributed by atoms with E-state index in [1.165, 1.54) is 18.1 Å². The zero-order chi connectivity index (χ0) is 23.0. The van der Waals surface area contributed by atoms with Gasteiger partial charge in [0.2, 0.25) is 0 Å². The van der Waals surface area contributed by atoms with E-state index in [0.29, 0.717) is 22.0 Å². The molecule has 1 unspecified atom stereocenters. The van der Waals surface area contributed by atoms with Gasteiger partial charge in [0.15, 0.2) is 0 Å². The highest BCUT2D eigenvalue weighted by molar-refractivity contribution is 6.52. The second kappa shape index (κ2) is 8.65. The van der Waals surface area contributed by atoms with Crippen molar-refractivity contribution in [3.05, 3.63) is 93.2 Å². The number of aryl methyl sites for hydroxylation is 1. The lowest BCUT2D eigenvalue weighted by Crippen LogP contribution is -2.30. The molecule has 0 spiro atoms. The zero-order valence-corrected chi connectivity index (χ0v) is 18.7. The van der Waals surface area contributed by atoms with Crippen molar-refractivity contribution in [2.45, 2.75) is 13.0 Å². The van der Waals surface area contributed by atoms with Gasteiger partial charge in [0, 0.05) is 28.7 Å². The molecule has 1 saturated heterocycles. The lowest BCUT2D eigenvalue weighted by molar-refractivity contribution is -0.132. The maximum Gasteiger partial charge on any atom is 0.300 e. The van der Waals surface area contributed by atoms with Crippen molar-refractivity contribution < 1.29 is 19.4 Å². The predicted octanol–water partition coefficient (Wildman–Crippen LogP) is 5.33. The van der Waals surface area contributed by atoms with Crippen LogP contribution in [0.1, 0.15) is 22.7 Å². The molecule has 1 aromatic heterocycles. The summed E-state index contributed by atoms with van der Waals surface area (Å²) >= 11 is 12.4. The second-order valence-electron chi connectivity index (χ2n) is 7.23. The molecule has 1 fully saturated rings. The van der Waals surface area contributed by atoms with Gasteiger partial charge in [0.05, 0.1) is 23.7 Å². The molecule has 3 aromatic rings. The van der Waals surface area contributed by atoms with Crippen LogP contribution in [0.15, 0.2) is 66.5 Å². The van der Waals surface area contributed by atoms with Gasteiger partial charge >= 0.3 is 0 Å². The molecule has 0 saturated carbocycles. The van der Waals surface area contributed by atoms with Gasteiger partial charge in [0.25, 0.3) is 11.7 Å². The number of methoxy groups -OCH3 is 1. The Kier molecular flexibility index (Phi) is 5.91. The molecule has 0 bridgehead atoms. The van der Waals surface area contributed by atoms with E-state index in [0.717, 1.165) is 5.56 Å². The van der Waals surface area contributed by atoms with Crippen LogP contribution in [0, 0.1) is 6.92 Å². The molecule has 162 valence electrons. The quantitative estimate of drug-likeness (QED) is 0.317. The second-order valence-corrected chi connectivity index (χ2v) is 8.07. The van der Waals surface area contributed by atoms with E-state index in [-0.39, 0.29) is 21.9 Å². The SMILES string of the molecule is COc1ccc(/C(O)=C2\C(=O)C(=O)N(c3cc(Cl)ccc3C)C2c2ccncc2)cc1Cl. The average molecular weight is 469 g/mol. The van der Waals surface area contributed by atoms with Crippen molar-refractivity contribution in [1.82, 2.24) is 4.98 Å². The minimum atomic E-state index is -0.879. The number of benzene rings is 2. The Morgan fingerprint density at radius 2 is 1.78 bits per heavy atom. The number of rotatable bonds is 4. The number of hydrogen-bond donors (Lipinski definition) is 1. The molecule has 2 heterocycles. The van der Waals surface area contributed by atoms with Gasteiger partial charge in [-0.15, -0.1) is 0 Å². The molecule has 1 atom stereocenters. The van der Waals surface area contributed by atoms with Crippen molar-refractivity contribution in [1.29, 1.82) is 0 Å².